The minimum atomic E-state index is 0.770. The van der Waals surface area contributed by atoms with E-state index in [9.17, 15) is 0 Å². The van der Waals surface area contributed by atoms with Crippen molar-refractivity contribution >= 4 is 22.4 Å². The van der Waals surface area contributed by atoms with Crippen LogP contribution in [0.15, 0.2) is 60.9 Å². The van der Waals surface area contributed by atoms with Gasteiger partial charge in [0.1, 0.15) is 5.65 Å². The number of hydrogen-bond acceptors (Lipinski definition) is 3. The smallest absolute Gasteiger partial charge is 0.137 e. The van der Waals surface area contributed by atoms with E-state index in [1.807, 2.05) is 30.5 Å². The number of anilines is 2. The SMILES string of the molecule is Nc1ccc(-c2cnc3[nH]cc(-c4ccc5c(c4)CCN5)c3c2)cc1. The number of nitrogens with one attached hydrogen (secondary N) is 2. The highest BCUT2D eigenvalue weighted by molar-refractivity contribution is 5.96. The van der Waals surface area contributed by atoms with Crippen molar-refractivity contribution < 1.29 is 0 Å². The number of pyridine rings is 1. The summed E-state index contributed by atoms with van der Waals surface area (Å²) in [7, 11) is 0. The third kappa shape index (κ3) is 2.34. The molecule has 5 rings (SSSR count). The molecule has 3 heterocycles. The lowest BCUT2D eigenvalue weighted by molar-refractivity contribution is 1.11. The maximum Gasteiger partial charge on any atom is 0.137 e. The van der Waals surface area contributed by atoms with E-state index >= 15 is 0 Å². The monoisotopic (exact) mass is 326 g/mol. The Kier molecular flexibility index (Phi) is 3.04. The summed E-state index contributed by atoms with van der Waals surface area (Å²) in [5, 5.41) is 4.55. The van der Waals surface area contributed by atoms with Gasteiger partial charge in [0.2, 0.25) is 0 Å². The number of aromatic nitrogens is 2. The van der Waals surface area contributed by atoms with Crippen LogP contribution in [0.4, 0.5) is 11.4 Å². The summed E-state index contributed by atoms with van der Waals surface area (Å²) in [5.41, 5.74) is 14.7. The number of nitrogens with zero attached hydrogens (tertiary/aromatic N) is 1. The minimum Gasteiger partial charge on any atom is -0.399 e. The predicted molar refractivity (Wildman–Crippen MR) is 104 cm³/mol. The molecule has 0 unspecified atom stereocenters. The Morgan fingerprint density at radius 2 is 1.76 bits per heavy atom. The summed E-state index contributed by atoms with van der Waals surface area (Å²) < 4.78 is 0. The van der Waals surface area contributed by atoms with E-state index in [0.717, 1.165) is 40.8 Å². The lowest BCUT2D eigenvalue weighted by atomic mass is 10.00. The van der Waals surface area contributed by atoms with E-state index < -0.39 is 0 Å². The molecule has 1 aliphatic heterocycles. The molecule has 0 atom stereocenters. The van der Waals surface area contributed by atoms with Crippen LogP contribution in [0.3, 0.4) is 0 Å². The fourth-order valence-corrected chi connectivity index (χ4v) is 3.55. The lowest BCUT2D eigenvalue weighted by Gasteiger charge is -2.06. The van der Waals surface area contributed by atoms with Crippen molar-refractivity contribution in [3.63, 3.8) is 0 Å². The molecule has 1 aliphatic rings. The van der Waals surface area contributed by atoms with Crippen molar-refractivity contribution in [2.24, 2.45) is 0 Å². The second kappa shape index (κ2) is 5.38. The molecule has 2 aromatic carbocycles. The largest absolute Gasteiger partial charge is 0.399 e. The molecule has 0 aliphatic carbocycles. The second-order valence-electron chi connectivity index (χ2n) is 6.49. The number of aromatic amines is 1. The van der Waals surface area contributed by atoms with E-state index in [1.165, 1.54) is 22.4 Å². The zero-order valence-corrected chi connectivity index (χ0v) is 13.7. The van der Waals surface area contributed by atoms with Crippen molar-refractivity contribution in [1.29, 1.82) is 0 Å². The van der Waals surface area contributed by atoms with Gasteiger partial charge in [-0.1, -0.05) is 18.2 Å². The van der Waals surface area contributed by atoms with Crippen LogP contribution in [-0.4, -0.2) is 16.5 Å². The first-order valence-electron chi connectivity index (χ1n) is 8.48. The summed E-state index contributed by atoms with van der Waals surface area (Å²) in [5.74, 6) is 0. The second-order valence-corrected chi connectivity index (χ2v) is 6.49. The van der Waals surface area contributed by atoms with E-state index in [-0.39, 0.29) is 0 Å². The van der Waals surface area contributed by atoms with Gasteiger partial charge in [0.15, 0.2) is 0 Å². The summed E-state index contributed by atoms with van der Waals surface area (Å²) >= 11 is 0. The van der Waals surface area contributed by atoms with Gasteiger partial charge < -0.3 is 16.0 Å². The predicted octanol–water partition coefficient (Wildman–Crippen LogP) is 4.45. The summed E-state index contributed by atoms with van der Waals surface area (Å²) in [4.78, 5) is 7.89. The first-order valence-corrected chi connectivity index (χ1v) is 8.48. The van der Waals surface area contributed by atoms with Gasteiger partial charge in [-0.2, -0.15) is 0 Å². The highest BCUT2D eigenvalue weighted by Crippen LogP contribution is 2.34. The lowest BCUT2D eigenvalue weighted by Crippen LogP contribution is -1.90. The Hall–Kier alpha value is -3.27. The van der Waals surface area contributed by atoms with Gasteiger partial charge in [-0.15, -0.1) is 0 Å². The molecule has 0 saturated heterocycles. The molecule has 25 heavy (non-hydrogen) atoms. The molecule has 0 spiro atoms. The van der Waals surface area contributed by atoms with Crippen molar-refractivity contribution in [1.82, 2.24) is 9.97 Å². The van der Waals surface area contributed by atoms with Crippen molar-refractivity contribution in [3.05, 3.63) is 66.5 Å². The Labute approximate surface area is 145 Å². The third-order valence-electron chi connectivity index (χ3n) is 4.90. The number of nitrogen functional groups attached to an aromatic ring is 1. The topological polar surface area (TPSA) is 66.7 Å². The van der Waals surface area contributed by atoms with Crippen molar-refractivity contribution in [2.45, 2.75) is 6.42 Å². The van der Waals surface area contributed by atoms with Crippen LogP contribution in [0.1, 0.15) is 5.56 Å². The molecule has 2 aromatic heterocycles. The number of nitrogens with two attached hydrogens (primary N) is 1. The Morgan fingerprint density at radius 3 is 2.64 bits per heavy atom. The Balaban J connectivity index is 1.64. The zero-order valence-electron chi connectivity index (χ0n) is 13.7. The van der Waals surface area contributed by atoms with Gasteiger partial charge in [0.25, 0.3) is 0 Å². The summed E-state index contributed by atoms with van der Waals surface area (Å²) in [6.45, 7) is 1.02. The fraction of sp³-hybridized carbons (Fsp3) is 0.0952. The van der Waals surface area contributed by atoms with Crippen LogP contribution in [0.2, 0.25) is 0 Å². The molecule has 0 fully saturated rings. The fourth-order valence-electron chi connectivity index (χ4n) is 3.55. The Morgan fingerprint density at radius 1 is 0.920 bits per heavy atom. The maximum absolute atomic E-state index is 5.80. The molecular formula is C21H18N4. The average molecular weight is 326 g/mol. The van der Waals surface area contributed by atoms with E-state index in [1.54, 1.807) is 0 Å². The number of fused-ring (bicyclic) bond motifs is 2. The molecule has 0 radical (unpaired) electrons. The van der Waals surface area contributed by atoms with Crippen LogP contribution < -0.4 is 11.1 Å². The first-order chi connectivity index (χ1) is 12.3. The van der Waals surface area contributed by atoms with Gasteiger partial charge >= 0.3 is 0 Å². The van der Waals surface area contributed by atoms with Gasteiger partial charge in [0, 0.05) is 46.8 Å². The number of rotatable bonds is 2. The highest BCUT2D eigenvalue weighted by Gasteiger charge is 2.13. The van der Waals surface area contributed by atoms with Crippen LogP contribution in [0, 0.1) is 0 Å². The standard InChI is InChI=1S/C21H18N4/c22-17-4-1-13(2-5-17)16-10-18-19(12-25-21(18)24-11-16)14-3-6-20-15(9-14)7-8-23-20/h1-6,9-12,23H,7-8,22H2,(H,24,25). The van der Waals surface area contributed by atoms with Gasteiger partial charge in [-0.25, -0.2) is 4.98 Å². The van der Waals surface area contributed by atoms with E-state index in [4.69, 9.17) is 5.73 Å². The number of hydrogen-bond donors (Lipinski definition) is 3. The van der Waals surface area contributed by atoms with Crippen LogP contribution in [-0.2, 0) is 6.42 Å². The molecule has 4 aromatic rings. The minimum absolute atomic E-state index is 0.770. The molecule has 4 N–H and O–H groups in total. The maximum atomic E-state index is 5.80. The first kappa shape index (κ1) is 14.1. The molecule has 0 bridgehead atoms. The molecular weight excluding hydrogens is 308 g/mol. The van der Waals surface area contributed by atoms with Crippen molar-refractivity contribution in [3.8, 4) is 22.3 Å². The van der Waals surface area contributed by atoms with E-state index in [2.05, 4.69) is 45.7 Å². The molecule has 122 valence electrons. The molecule has 0 amide bonds. The van der Waals surface area contributed by atoms with E-state index in [0.29, 0.717) is 0 Å². The van der Waals surface area contributed by atoms with Crippen LogP contribution >= 0.6 is 0 Å². The normalized spacial score (nSPS) is 13.0. The zero-order chi connectivity index (χ0) is 16.8. The molecule has 0 saturated carbocycles. The average Bonchev–Trinajstić information content (AvgIpc) is 3.27. The van der Waals surface area contributed by atoms with Gasteiger partial charge in [-0.3, -0.25) is 0 Å². The van der Waals surface area contributed by atoms with Crippen LogP contribution in [0.25, 0.3) is 33.3 Å². The molecule has 4 nitrogen and oxygen atoms in total. The van der Waals surface area contributed by atoms with Gasteiger partial charge in [0.05, 0.1) is 0 Å². The van der Waals surface area contributed by atoms with Crippen molar-refractivity contribution in [2.75, 3.05) is 17.6 Å². The Bertz CT molecular complexity index is 1080. The summed E-state index contributed by atoms with van der Waals surface area (Å²) in [6.07, 6.45) is 5.04. The van der Waals surface area contributed by atoms with Crippen LogP contribution in [0.5, 0.6) is 0 Å². The molecule has 4 heteroatoms. The third-order valence-corrected chi connectivity index (χ3v) is 4.90. The number of H-pyrrole nitrogens is 1. The highest BCUT2D eigenvalue weighted by atomic mass is 14.9. The van der Waals surface area contributed by atoms with Gasteiger partial charge in [-0.05, 0) is 53.4 Å². The number of benzene rings is 2. The quantitative estimate of drug-likeness (QED) is 0.477. The summed E-state index contributed by atoms with van der Waals surface area (Å²) in [6, 6.07) is 16.7.